The largest absolute Gasteiger partial charge is 0.313 e. The van der Waals surface area contributed by atoms with Crippen molar-refractivity contribution in [2.24, 2.45) is 5.92 Å². The van der Waals surface area contributed by atoms with E-state index in [1.807, 2.05) is 0 Å². The van der Waals surface area contributed by atoms with Crippen molar-refractivity contribution in [2.75, 3.05) is 6.54 Å². The molecule has 0 saturated carbocycles. The van der Waals surface area contributed by atoms with Crippen LogP contribution in [0.4, 0.5) is 0 Å². The molecule has 2 heteroatoms. The number of rotatable bonds is 4. The third-order valence-electron chi connectivity index (χ3n) is 3.88. The average Bonchev–Trinajstić information content (AvgIpc) is 2.38. The van der Waals surface area contributed by atoms with Gasteiger partial charge in [0.15, 0.2) is 0 Å². The molecule has 17 heavy (non-hydrogen) atoms. The van der Waals surface area contributed by atoms with Gasteiger partial charge in [0.1, 0.15) is 5.78 Å². The van der Waals surface area contributed by atoms with Gasteiger partial charge < -0.3 is 5.32 Å². The molecule has 1 aliphatic carbocycles. The predicted octanol–water partition coefficient (Wildman–Crippen LogP) is 3.00. The van der Waals surface area contributed by atoms with Crippen molar-refractivity contribution in [1.29, 1.82) is 0 Å². The molecule has 94 valence electrons. The van der Waals surface area contributed by atoms with Crippen molar-refractivity contribution in [2.45, 2.75) is 51.5 Å². The molecule has 1 unspecified atom stereocenters. The Hall–Kier alpha value is -0.890. The van der Waals surface area contributed by atoms with Gasteiger partial charge in [0.05, 0.1) is 0 Å². The number of ketones is 1. The summed E-state index contributed by atoms with van der Waals surface area (Å²) in [6.45, 7) is 2.82. The van der Waals surface area contributed by atoms with E-state index in [1.54, 1.807) is 6.92 Å². The maximum Gasteiger partial charge on any atom is 0.134 e. The SMILES string of the molecule is CC(=O)C(CC1=CCCC=C1)[C@H]1CCCCN1. The van der Waals surface area contributed by atoms with Gasteiger partial charge in [-0.2, -0.15) is 0 Å². The van der Waals surface area contributed by atoms with Crippen LogP contribution < -0.4 is 5.32 Å². The fraction of sp³-hybridized carbons (Fsp3) is 0.667. The summed E-state index contributed by atoms with van der Waals surface area (Å²) in [6, 6.07) is 0.400. The highest BCUT2D eigenvalue weighted by molar-refractivity contribution is 5.79. The van der Waals surface area contributed by atoms with Gasteiger partial charge in [-0.3, -0.25) is 4.79 Å². The van der Waals surface area contributed by atoms with Gasteiger partial charge in [0.2, 0.25) is 0 Å². The van der Waals surface area contributed by atoms with Gasteiger partial charge in [0, 0.05) is 12.0 Å². The van der Waals surface area contributed by atoms with Gasteiger partial charge in [-0.25, -0.2) is 0 Å². The molecule has 2 atom stereocenters. The molecule has 1 aliphatic heterocycles. The fourth-order valence-electron chi connectivity index (χ4n) is 2.86. The van der Waals surface area contributed by atoms with E-state index >= 15 is 0 Å². The molecule has 0 radical (unpaired) electrons. The summed E-state index contributed by atoms with van der Waals surface area (Å²) in [4.78, 5) is 11.8. The molecule has 0 aromatic heterocycles. The summed E-state index contributed by atoms with van der Waals surface area (Å²) in [7, 11) is 0. The predicted molar refractivity (Wildman–Crippen MR) is 70.9 cm³/mol. The van der Waals surface area contributed by atoms with Crippen LogP contribution >= 0.6 is 0 Å². The lowest BCUT2D eigenvalue weighted by Crippen LogP contribution is -2.42. The van der Waals surface area contributed by atoms with Crippen LogP contribution in [0.15, 0.2) is 23.8 Å². The quantitative estimate of drug-likeness (QED) is 0.808. The molecule has 2 aliphatic rings. The summed E-state index contributed by atoms with van der Waals surface area (Å²) in [5, 5.41) is 3.52. The van der Waals surface area contributed by atoms with Crippen molar-refractivity contribution in [1.82, 2.24) is 5.32 Å². The number of hydrogen-bond donors (Lipinski definition) is 1. The van der Waals surface area contributed by atoms with E-state index in [4.69, 9.17) is 0 Å². The Morgan fingerprint density at radius 1 is 1.47 bits per heavy atom. The molecule has 2 rings (SSSR count). The summed E-state index contributed by atoms with van der Waals surface area (Å²) in [6.07, 6.45) is 13.6. The number of Topliss-reactive ketones (excluding diaryl/α,β-unsaturated/α-hetero) is 1. The van der Waals surface area contributed by atoms with Crippen LogP contribution in [0.5, 0.6) is 0 Å². The third-order valence-corrected chi connectivity index (χ3v) is 3.88. The number of carbonyl (C=O) groups is 1. The van der Waals surface area contributed by atoms with Crippen molar-refractivity contribution < 1.29 is 4.79 Å². The van der Waals surface area contributed by atoms with Crippen LogP contribution in [-0.4, -0.2) is 18.4 Å². The lowest BCUT2D eigenvalue weighted by atomic mass is 9.83. The number of allylic oxidation sites excluding steroid dienone is 4. The Kier molecular flexibility index (Phi) is 4.55. The highest BCUT2D eigenvalue weighted by Gasteiger charge is 2.27. The molecular weight excluding hydrogens is 210 g/mol. The van der Waals surface area contributed by atoms with Crippen LogP contribution in [-0.2, 0) is 4.79 Å². The molecule has 0 aromatic carbocycles. The number of piperidine rings is 1. The zero-order valence-corrected chi connectivity index (χ0v) is 10.7. The Morgan fingerprint density at radius 3 is 2.94 bits per heavy atom. The van der Waals surface area contributed by atoms with E-state index in [-0.39, 0.29) is 5.92 Å². The van der Waals surface area contributed by atoms with Crippen molar-refractivity contribution in [3.05, 3.63) is 23.8 Å². The number of hydrogen-bond acceptors (Lipinski definition) is 2. The molecule has 0 aromatic rings. The average molecular weight is 233 g/mol. The topological polar surface area (TPSA) is 29.1 Å². The molecule has 0 spiro atoms. The van der Waals surface area contributed by atoms with E-state index < -0.39 is 0 Å². The lowest BCUT2D eigenvalue weighted by molar-refractivity contribution is -0.121. The second-order valence-corrected chi connectivity index (χ2v) is 5.24. The summed E-state index contributed by atoms with van der Waals surface area (Å²) in [5.41, 5.74) is 1.35. The zero-order chi connectivity index (χ0) is 12.1. The first-order chi connectivity index (χ1) is 8.27. The molecule has 1 heterocycles. The van der Waals surface area contributed by atoms with Crippen molar-refractivity contribution in [3.8, 4) is 0 Å². The monoisotopic (exact) mass is 233 g/mol. The summed E-state index contributed by atoms with van der Waals surface area (Å²) >= 11 is 0. The molecule has 0 bridgehead atoms. The van der Waals surface area contributed by atoms with Gasteiger partial charge in [-0.15, -0.1) is 0 Å². The van der Waals surface area contributed by atoms with E-state index in [1.165, 1.54) is 18.4 Å². The van der Waals surface area contributed by atoms with Gasteiger partial charge in [0.25, 0.3) is 0 Å². The first-order valence-electron chi connectivity index (χ1n) is 6.87. The molecule has 1 saturated heterocycles. The maximum atomic E-state index is 11.8. The third kappa shape index (κ3) is 3.53. The van der Waals surface area contributed by atoms with Gasteiger partial charge >= 0.3 is 0 Å². The van der Waals surface area contributed by atoms with Gasteiger partial charge in [-0.1, -0.05) is 30.2 Å². The molecular formula is C15H23NO. The maximum absolute atomic E-state index is 11.8. The van der Waals surface area contributed by atoms with Crippen molar-refractivity contribution in [3.63, 3.8) is 0 Å². The van der Waals surface area contributed by atoms with Crippen LogP contribution in [0.3, 0.4) is 0 Å². The number of carbonyl (C=O) groups excluding carboxylic acids is 1. The van der Waals surface area contributed by atoms with E-state index in [0.29, 0.717) is 11.8 Å². The minimum atomic E-state index is 0.171. The number of nitrogens with one attached hydrogen (secondary N) is 1. The zero-order valence-electron chi connectivity index (χ0n) is 10.7. The second kappa shape index (κ2) is 6.15. The van der Waals surface area contributed by atoms with Crippen LogP contribution in [0.25, 0.3) is 0 Å². The molecule has 2 nitrogen and oxygen atoms in total. The first kappa shape index (κ1) is 12.6. The Labute approximate surface area is 104 Å². The second-order valence-electron chi connectivity index (χ2n) is 5.24. The minimum absolute atomic E-state index is 0.171. The molecule has 0 amide bonds. The van der Waals surface area contributed by atoms with E-state index in [9.17, 15) is 4.79 Å². The Morgan fingerprint density at radius 2 is 2.35 bits per heavy atom. The summed E-state index contributed by atoms with van der Waals surface area (Å²) < 4.78 is 0. The summed E-state index contributed by atoms with van der Waals surface area (Å²) in [5.74, 6) is 0.508. The first-order valence-corrected chi connectivity index (χ1v) is 6.87. The normalized spacial score (nSPS) is 26.4. The fourth-order valence-corrected chi connectivity index (χ4v) is 2.86. The molecule has 1 fully saturated rings. The standard InChI is InChI=1S/C15H23NO/c1-12(17)14(15-9-5-6-10-16-15)11-13-7-3-2-4-8-13/h3,7-8,14-16H,2,4-6,9-11H2,1H3/t14?,15-/m1/s1. The van der Waals surface area contributed by atoms with E-state index in [0.717, 1.165) is 32.2 Å². The lowest BCUT2D eigenvalue weighted by Gasteiger charge is -2.30. The van der Waals surface area contributed by atoms with Crippen LogP contribution in [0.1, 0.15) is 45.4 Å². The Balaban J connectivity index is 1.98. The van der Waals surface area contributed by atoms with Crippen molar-refractivity contribution >= 4 is 5.78 Å². The molecule has 1 N–H and O–H groups in total. The Bertz CT molecular complexity index is 324. The van der Waals surface area contributed by atoms with E-state index in [2.05, 4.69) is 23.5 Å². The van der Waals surface area contributed by atoms with Crippen LogP contribution in [0, 0.1) is 5.92 Å². The highest BCUT2D eigenvalue weighted by Crippen LogP contribution is 2.25. The minimum Gasteiger partial charge on any atom is -0.313 e. The van der Waals surface area contributed by atoms with Crippen LogP contribution in [0.2, 0.25) is 0 Å². The van der Waals surface area contributed by atoms with Gasteiger partial charge in [-0.05, 0) is 45.6 Å². The highest BCUT2D eigenvalue weighted by atomic mass is 16.1. The smallest absolute Gasteiger partial charge is 0.134 e.